The Labute approximate surface area is 145 Å². The van der Waals surface area contributed by atoms with Crippen LogP contribution in [0.25, 0.3) is 0 Å². The fraction of sp³-hybridized carbons (Fsp3) is 0.611. The van der Waals surface area contributed by atoms with Crippen LogP contribution >= 0.6 is 0 Å². The van der Waals surface area contributed by atoms with E-state index >= 15 is 0 Å². The SMILES string of the molecule is CN=C(NCc1ccc(S(C)(=O)=O)cc1)N1CCC2(CCCC2)C1. The lowest BCUT2D eigenvalue weighted by atomic mass is 9.86. The van der Waals surface area contributed by atoms with Crippen LogP contribution in [0.2, 0.25) is 0 Å². The zero-order valence-corrected chi connectivity index (χ0v) is 15.4. The van der Waals surface area contributed by atoms with Gasteiger partial charge in [0.25, 0.3) is 0 Å². The van der Waals surface area contributed by atoms with Gasteiger partial charge in [-0.05, 0) is 42.4 Å². The molecule has 1 aliphatic heterocycles. The molecular formula is C18H27N3O2S. The minimum absolute atomic E-state index is 0.360. The summed E-state index contributed by atoms with van der Waals surface area (Å²) < 4.78 is 23.0. The van der Waals surface area contributed by atoms with Gasteiger partial charge in [0.05, 0.1) is 4.90 Å². The van der Waals surface area contributed by atoms with Gasteiger partial charge in [0.2, 0.25) is 0 Å². The van der Waals surface area contributed by atoms with Crippen LogP contribution in [-0.4, -0.2) is 45.7 Å². The summed E-state index contributed by atoms with van der Waals surface area (Å²) in [7, 11) is -1.31. The third-order valence-electron chi connectivity index (χ3n) is 5.42. The van der Waals surface area contributed by atoms with Crippen molar-refractivity contribution in [3.8, 4) is 0 Å². The molecule has 1 heterocycles. The topological polar surface area (TPSA) is 61.8 Å². The Bertz CT molecular complexity index is 704. The predicted molar refractivity (Wildman–Crippen MR) is 96.8 cm³/mol. The van der Waals surface area contributed by atoms with Gasteiger partial charge in [-0.3, -0.25) is 4.99 Å². The molecule has 24 heavy (non-hydrogen) atoms. The fourth-order valence-corrected chi connectivity index (χ4v) is 4.65. The van der Waals surface area contributed by atoms with E-state index in [1.165, 1.54) is 38.4 Å². The van der Waals surface area contributed by atoms with Crippen molar-refractivity contribution in [2.45, 2.75) is 43.5 Å². The molecular weight excluding hydrogens is 322 g/mol. The molecule has 1 saturated carbocycles. The number of aliphatic imine (C=N–C) groups is 1. The Kier molecular flexibility index (Phi) is 4.85. The first-order valence-electron chi connectivity index (χ1n) is 8.67. The molecule has 3 rings (SSSR count). The Morgan fingerprint density at radius 3 is 2.46 bits per heavy atom. The Morgan fingerprint density at radius 1 is 1.21 bits per heavy atom. The largest absolute Gasteiger partial charge is 0.352 e. The predicted octanol–water partition coefficient (Wildman–Crippen LogP) is 2.43. The van der Waals surface area contributed by atoms with E-state index in [-0.39, 0.29) is 0 Å². The molecule has 2 aliphatic rings. The maximum atomic E-state index is 11.5. The molecule has 0 radical (unpaired) electrons. The zero-order valence-electron chi connectivity index (χ0n) is 14.6. The molecule has 1 N–H and O–H groups in total. The molecule has 1 aromatic rings. The van der Waals surface area contributed by atoms with Crippen molar-refractivity contribution < 1.29 is 8.42 Å². The number of nitrogens with zero attached hydrogens (tertiary/aromatic N) is 2. The van der Waals surface area contributed by atoms with Gasteiger partial charge in [-0.2, -0.15) is 0 Å². The third-order valence-corrected chi connectivity index (χ3v) is 6.54. The van der Waals surface area contributed by atoms with E-state index in [1.54, 1.807) is 12.1 Å². The molecule has 1 saturated heterocycles. The average Bonchev–Trinajstić information content (AvgIpc) is 3.18. The summed E-state index contributed by atoms with van der Waals surface area (Å²) in [6, 6.07) is 7.05. The average molecular weight is 350 g/mol. The molecule has 1 aromatic carbocycles. The molecule has 1 spiro atoms. The molecule has 1 aliphatic carbocycles. The van der Waals surface area contributed by atoms with Gasteiger partial charge < -0.3 is 10.2 Å². The standard InChI is InChI=1S/C18H27N3O2S/c1-19-17(21-12-11-18(14-21)9-3-4-10-18)20-13-15-5-7-16(8-6-15)24(2,22)23/h5-8H,3-4,9-14H2,1-2H3,(H,19,20). The van der Waals surface area contributed by atoms with Crippen LogP contribution in [0, 0.1) is 5.41 Å². The number of nitrogens with one attached hydrogen (secondary N) is 1. The summed E-state index contributed by atoms with van der Waals surface area (Å²) in [4.78, 5) is 7.16. The van der Waals surface area contributed by atoms with Crippen LogP contribution in [0.4, 0.5) is 0 Å². The minimum atomic E-state index is -3.13. The van der Waals surface area contributed by atoms with Gasteiger partial charge in [-0.15, -0.1) is 0 Å². The van der Waals surface area contributed by atoms with Crippen molar-refractivity contribution in [2.24, 2.45) is 10.4 Å². The van der Waals surface area contributed by atoms with Gasteiger partial charge in [-0.25, -0.2) is 8.42 Å². The van der Waals surface area contributed by atoms with E-state index in [4.69, 9.17) is 0 Å². The molecule has 0 bridgehead atoms. The van der Waals surface area contributed by atoms with Crippen LogP contribution in [0.1, 0.15) is 37.7 Å². The summed E-state index contributed by atoms with van der Waals surface area (Å²) in [5.74, 6) is 0.950. The molecule has 0 atom stereocenters. The number of rotatable bonds is 3. The molecule has 132 valence electrons. The zero-order chi connectivity index (χ0) is 17.2. The maximum absolute atomic E-state index is 11.5. The fourth-order valence-electron chi connectivity index (χ4n) is 4.02. The summed E-state index contributed by atoms with van der Waals surface area (Å²) in [6.45, 7) is 2.84. The second-order valence-corrected chi connectivity index (χ2v) is 9.21. The normalized spacial score (nSPS) is 20.8. The number of guanidine groups is 1. The van der Waals surface area contributed by atoms with Crippen LogP contribution in [0.15, 0.2) is 34.2 Å². The van der Waals surface area contributed by atoms with Crippen molar-refractivity contribution in [2.75, 3.05) is 26.4 Å². The molecule has 0 amide bonds. The van der Waals surface area contributed by atoms with Crippen molar-refractivity contribution in [3.63, 3.8) is 0 Å². The molecule has 0 unspecified atom stereocenters. The Balaban J connectivity index is 1.59. The van der Waals surface area contributed by atoms with Crippen molar-refractivity contribution in [1.82, 2.24) is 10.2 Å². The first kappa shape index (κ1) is 17.3. The van der Waals surface area contributed by atoms with Crippen LogP contribution in [0.5, 0.6) is 0 Å². The summed E-state index contributed by atoms with van der Waals surface area (Å²) in [6.07, 6.45) is 7.95. The first-order valence-corrected chi connectivity index (χ1v) is 10.6. The van der Waals surface area contributed by atoms with Crippen molar-refractivity contribution >= 4 is 15.8 Å². The van der Waals surface area contributed by atoms with Crippen molar-refractivity contribution in [3.05, 3.63) is 29.8 Å². The molecule has 0 aromatic heterocycles. The maximum Gasteiger partial charge on any atom is 0.193 e. The monoisotopic (exact) mass is 349 g/mol. The summed E-state index contributed by atoms with van der Waals surface area (Å²) in [5, 5.41) is 3.42. The highest BCUT2D eigenvalue weighted by molar-refractivity contribution is 7.90. The highest BCUT2D eigenvalue weighted by Gasteiger charge is 2.40. The summed E-state index contributed by atoms with van der Waals surface area (Å²) in [5.41, 5.74) is 1.58. The van der Waals surface area contributed by atoms with E-state index in [1.807, 2.05) is 19.2 Å². The highest BCUT2D eigenvalue weighted by Crippen LogP contribution is 2.45. The van der Waals surface area contributed by atoms with E-state index in [2.05, 4.69) is 15.2 Å². The number of hydrogen-bond donors (Lipinski definition) is 1. The molecule has 5 nitrogen and oxygen atoms in total. The lowest BCUT2D eigenvalue weighted by Gasteiger charge is -2.26. The number of benzene rings is 1. The van der Waals surface area contributed by atoms with Gasteiger partial charge in [0.15, 0.2) is 15.8 Å². The second kappa shape index (κ2) is 6.75. The lowest BCUT2D eigenvalue weighted by Crippen LogP contribution is -2.40. The number of likely N-dealkylation sites (tertiary alicyclic amines) is 1. The van der Waals surface area contributed by atoms with Gasteiger partial charge >= 0.3 is 0 Å². The van der Waals surface area contributed by atoms with E-state index in [0.29, 0.717) is 16.9 Å². The summed E-state index contributed by atoms with van der Waals surface area (Å²) >= 11 is 0. The van der Waals surface area contributed by atoms with Crippen LogP contribution in [-0.2, 0) is 16.4 Å². The van der Waals surface area contributed by atoms with E-state index in [9.17, 15) is 8.42 Å². The van der Waals surface area contributed by atoms with E-state index in [0.717, 1.165) is 24.6 Å². The molecule has 2 fully saturated rings. The van der Waals surface area contributed by atoms with Crippen LogP contribution in [0.3, 0.4) is 0 Å². The lowest BCUT2D eigenvalue weighted by molar-refractivity contribution is 0.309. The first-order chi connectivity index (χ1) is 11.4. The van der Waals surface area contributed by atoms with Gasteiger partial charge in [0, 0.05) is 32.9 Å². The van der Waals surface area contributed by atoms with Crippen molar-refractivity contribution in [1.29, 1.82) is 0 Å². The second-order valence-electron chi connectivity index (χ2n) is 7.20. The Morgan fingerprint density at radius 2 is 1.88 bits per heavy atom. The quantitative estimate of drug-likeness (QED) is 0.672. The van der Waals surface area contributed by atoms with Gasteiger partial charge in [0.1, 0.15) is 0 Å². The third kappa shape index (κ3) is 3.74. The minimum Gasteiger partial charge on any atom is -0.352 e. The van der Waals surface area contributed by atoms with Gasteiger partial charge in [-0.1, -0.05) is 25.0 Å². The van der Waals surface area contributed by atoms with Crippen LogP contribution < -0.4 is 5.32 Å². The Hall–Kier alpha value is -1.56. The number of sulfone groups is 1. The highest BCUT2D eigenvalue weighted by atomic mass is 32.2. The molecule has 6 heteroatoms. The van der Waals surface area contributed by atoms with E-state index < -0.39 is 9.84 Å². The smallest absolute Gasteiger partial charge is 0.193 e. The number of hydrogen-bond acceptors (Lipinski definition) is 3.